The fourth-order valence-electron chi connectivity index (χ4n) is 1.47. The molecule has 0 aromatic rings. The Morgan fingerprint density at radius 1 is 1.10 bits per heavy atom. The summed E-state index contributed by atoms with van der Waals surface area (Å²) in [6, 6.07) is 0. The van der Waals surface area contributed by atoms with Gasteiger partial charge in [-0.15, -0.1) is 0 Å². The van der Waals surface area contributed by atoms with Gasteiger partial charge in [-0.05, 0) is 41.8 Å². The van der Waals surface area contributed by atoms with Crippen molar-refractivity contribution in [1.82, 2.24) is 9.80 Å². The van der Waals surface area contributed by atoms with Crippen molar-refractivity contribution in [3.8, 4) is 0 Å². The van der Waals surface area contributed by atoms with Crippen molar-refractivity contribution in [3.05, 3.63) is 24.3 Å². The molecule has 5 heteroatoms. The van der Waals surface area contributed by atoms with Gasteiger partial charge in [-0.25, -0.2) is 0 Å². The Labute approximate surface area is 128 Å². The van der Waals surface area contributed by atoms with E-state index in [0.29, 0.717) is 13.1 Å². The number of nitrogens with zero attached hydrogens (tertiary/aromatic N) is 2. The van der Waals surface area contributed by atoms with Crippen LogP contribution >= 0.6 is 0 Å². The molecule has 120 valence electrons. The summed E-state index contributed by atoms with van der Waals surface area (Å²) in [7, 11) is 3.84. The summed E-state index contributed by atoms with van der Waals surface area (Å²) in [5, 5.41) is 0. The topological polar surface area (TPSA) is 49.9 Å². The van der Waals surface area contributed by atoms with E-state index >= 15 is 0 Å². The zero-order chi connectivity index (χ0) is 16.5. The summed E-state index contributed by atoms with van der Waals surface area (Å²) >= 11 is 0. The lowest BCUT2D eigenvalue weighted by Crippen LogP contribution is -2.41. The van der Waals surface area contributed by atoms with E-state index in [1.807, 2.05) is 52.8 Å². The number of hydrogen-bond donors (Lipinski definition) is 0. The maximum absolute atomic E-state index is 12.1. The van der Waals surface area contributed by atoms with Crippen LogP contribution in [0.25, 0.3) is 0 Å². The van der Waals surface area contributed by atoms with Crippen LogP contribution in [0.3, 0.4) is 0 Å². The molecule has 0 spiro atoms. The Bertz CT molecular complexity index is 393. The molecule has 0 aromatic carbocycles. The first-order valence-corrected chi connectivity index (χ1v) is 7.10. The third-order valence-corrected chi connectivity index (χ3v) is 2.41. The Morgan fingerprint density at radius 3 is 2.19 bits per heavy atom. The summed E-state index contributed by atoms with van der Waals surface area (Å²) in [6.07, 6.45) is 6.73. The number of carbonyl (C=O) groups is 2. The van der Waals surface area contributed by atoms with Gasteiger partial charge >= 0.3 is 5.97 Å². The minimum Gasteiger partial charge on any atom is -0.459 e. The molecule has 0 atom stereocenters. The van der Waals surface area contributed by atoms with Crippen LogP contribution in [0.4, 0.5) is 0 Å². The van der Waals surface area contributed by atoms with Gasteiger partial charge in [-0.1, -0.05) is 18.2 Å². The molecular weight excluding hydrogens is 268 g/mol. The molecule has 0 saturated carbocycles. The molecule has 0 N–H and O–H groups in total. The summed E-state index contributed by atoms with van der Waals surface area (Å²) in [5.41, 5.74) is -0.547. The zero-order valence-electron chi connectivity index (χ0n) is 14.0. The second kappa shape index (κ2) is 9.34. The van der Waals surface area contributed by atoms with Crippen LogP contribution in [0.15, 0.2) is 24.3 Å². The summed E-state index contributed by atoms with van der Waals surface area (Å²) in [4.78, 5) is 27.4. The molecule has 5 nitrogen and oxygen atoms in total. The standard InChI is InChI=1S/C16H28N2O3/c1-7-8-9-10-14(19)18(12-11-17(5)6)13-15(20)21-16(2,3)4/h7-10H,11-13H2,1-6H3. The van der Waals surface area contributed by atoms with Gasteiger partial charge in [0.05, 0.1) is 0 Å². The van der Waals surface area contributed by atoms with Crippen molar-refractivity contribution in [2.24, 2.45) is 0 Å². The number of carbonyl (C=O) groups excluding carboxylic acids is 2. The molecule has 0 bridgehead atoms. The highest BCUT2D eigenvalue weighted by Crippen LogP contribution is 2.07. The molecular formula is C16H28N2O3. The highest BCUT2D eigenvalue weighted by Gasteiger charge is 2.21. The molecule has 0 saturated heterocycles. The first-order chi connectivity index (χ1) is 9.65. The minimum absolute atomic E-state index is 0.0376. The molecule has 0 fully saturated rings. The number of likely N-dealkylation sites (N-methyl/N-ethyl adjacent to an activating group) is 1. The minimum atomic E-state index is -0.547. The van der Waals surface area contributed by atoms with Crippen molar-refractivity contribution in [1.29, 1.82) is 0 Å². The average Bonchev–Trinajstić information content (AvgIpc) is 2.32. The number of rotatable bonds is 7. The second-order valence-electron chi connectivity index (χ2n) is 6.03. The molecule has 0 unspecified atom stereocenters. The van der Waals surface area contributed by atoms with Gasteiger partial charge in [0.2, 0.25) is 5.91 Å². The largest absolute Gasteiger partial charge is 0.459 e. The van der Waals surface area contributed by atoms with Gasteiger partial charge in [-0.2, -0.15) is 0 Å². The third kappa shape index (κ3) is 10.8. The first-order valence-electron chi connectivity index (χ1n) is 7.10. The van der Waals surface area contributed by atoms with Gasteiger partial charge in [0.25, 0.3) is 0 Å². The van der Waals surface area contributed by atoms with Crippen LogP contribution in [0.2, 0.25) is 0 Å². The van der Waals surface area contributed by atoms with E-state index in [-0.39, 0.29) is 12.5 Å². The molecule has 0 radical (unpaired) electrons. The molecule has 0 heterocycles. The fraction of sp³-hybridized carbons (Fsp3) is 0.625. The van der Waals surface area contributed by atoms with Gasteiger partial charge in [0, 0.05) is 19.2 Å². The van der Waals surface area contributed by atoms with E-state index in [2.05, 4.69) is 0 Å². The van der Waals surface area contributed by atoms with Crippen molar-refractivity contribution in [2.75, 3.05) is 33.7 Å². The summed E-state index contributed by atoms with van der Waals surface area (Å²) in [5.74, 6) is -0.588. The Morgan fingerprint density at radius 2 is 1.71 bits per heavy atom. The van der Waals surface area contributed by atoms with Crippen molar-refractivity contribution in [2.45, 2.75) is 33.3 Å². The van der Waals surface area contributed by atoms with Crippen molar-refractivity contribution >= 4 is 11.9 Å². The van der Waals surface area contributed by atoms with E-state index in [9.17, 15) is 9.59 Å². The summed E-state index contributed by atoms with van der Waals surface area (Å²) in [6.45, 7) is 8.43. The van der Waals surface area contributed by atoms with E-state index in [4.69, 9.17) is 4.74 Å². The fourth-order valence-corrected chi connectivity index (χ4v) is 1.47. The summed E-state index contributed by atoms with van der Waals surface area (Å²) < 4.78 is 5.27. The van der Waals surface area contributed by atoms with Crippen LogP contribution in [0, 0.1) is 0 Å². The first kappa shape index (κ1) is 19.4. The molecule has 0 aliphatic rings. The number of ether oxygens (including phenoxy) is 1. The van der Waals surface area contributed by atoms with E-state index in [1.54, 1.807) is 12.2 Å². The number of allylic oxidation sites excluding steroid dienone is 3. The van der Waals surface area contributed by atoms with Gasteiger partial charge < -0.3 is 14.5 Å². The molecule has 0 aromatic heterocycles. The van der Waals surface area contributed by atoms with Crippen LogP contribution in [0.5, 0.6) is 0 Å². The quantitative estimate of drug-likeness (QED) is 0.409. The smallest absolute Gasteiger partial charge is 0.326 e. The average molecular weight is 296 g/mol. The van der Waals surface area contributed by atoms with Crippen LogP contribution in [-0.2, 0) is 14.3 Å². The highest BCUT2D eigenvalue weighted by atomic mass is 16.6. The second-order valence-corrected chi connectivity index (χ2v) is 6.03. The van der Waals surface area contributed by atoms with E-state index in [1.165, 1.54) is 11.0 Å². The molecule has 0 aliphatic heterocycles. The Hall–Kier alpha value is -1.62. The maximum atomic E-state index is 12.1. The monoisotopic (exact) mass is 296 g/mol. The van der Waals surface area contributed by atoms with Crippen LogP contribution in [0.1, 0.15) is 27.7 Å². The molecule has 0 aliphatic carbocycles. The predicted molar refractivity (Wildman–Crippen MR) is 84.9 cm³/mol. The molecule has 21 heavy (non-hydrogen) atoms. The lowest BCUT2D eigenvalue weighted by molar-refractivity contribution is -0.158. The molecule has 1 amide bonds. The number of hydrogen-bond acceptors (Lipinski definition) is 4. The van der Waals surface area contributed by atoms with E-state index < -0.39 is 11.6 Å². The highest BCUT2D eigenvalue weighted by molar-refractivity contribution is 5.90. The Kier molecular flexibility index (Phi) is 8.62. The van der Waals surface area contributed by atoms with Gasteiger partial charge in [-0.3, -0.25) is 9.59 Å². The van der Waals surface area contributed by atoms with Crippen molar-refractivity contribution in [3.63, 3.8) is 0 Å². The number of esters is 1. The Balaban J connectivity index is 4.72. The maximum Gasteiger partial charge on any atom is 0.326 e. The lowest BCUT2D eigenvalue weighted by atomic mass is 10.2. The van der Waals surface area contributed by atoms with Crippen molar-refractivity contribution < 1.29 is 14.3 Å². The van der Waals surface area contributed by atoms with Gasteiger partial charge in [0.1, 0.15) is 12.1 Å². The van der Waals surface area contributed by atoms with Gasteiger partial charge in [0.15, 0.2) is 0 Å². The van der Waals surface area contributed by atoms with Crippen LogP contribution in [-0.4, -0.2) is 61.0 Å². The van der Waals surface area contributed by atoms with Crippen LogP contribution < -0.4 is 0 Å². The zero-order valence-corrected chi connectivity index (χ0v) is 14.0. The predicted octanol–water partition coefficient (Wildman–Crippen LogP) is 1.85. The number of amides is 1. The SMILES string of the molecule is CC=CC=CC(=O)N(CCN(C)C)CC(=O)OC(C)(C)C. The van der Waals surface area contributed by atoms with E-state index in [0.717, 1.165) is 0 Å². The third-order valence-electron chi connectivity index (χ3n) is 2.41. The molecule has 0 rings (SSSR count). The lowest BCUT2D eigenvalue weighted by Gasteiger charge is -2.25. The normalized spacial score (nSPS) is 12.3.